The van der Waals surface area contributed by atoms with Crippen LogP contribution in [0.5, 0.6) is 0 Å². The molecule has 0 saturated carbocycles. The van der Waals surface area contributed by atoms with Crippen LogP contribution in [-0.2, 0) is 23.9 Å². The molecule has 0 aromatic rings. The molecule has 0 aliphatic carbocycles. The van der Waals surface area contributed by atoms with Gasteiger partial charge in [0, 0.05) is 5.92 Å². The van der Waals surface area contributed by atoms with Crippen molar-refractivity contribution in [3.8, 4) is 0 Å². The Labute approximate surface area is 142 Å². The van der Waals surface area contributed by atoms with E-state index in [-0.39, 0.29) is 5.57 Å². The number of rotatable bonds is 3. The molecule has 26 heavy (non-hydrogen) atoms. The molecule has 0 bridgehead atoms. The van der Waals surface area contributed by atoms with E-state index in [1.54, 1.807) is 0 Å². The fraction of sp³-hybridized carbons (Fsp3) is 0.643. The molecular weight excluding hydrogens is 376 g/mol. The van der Waals surface area contributed by atoms with Crippen molar-refractivity contribution in [3.63, 3.8) is 0 Å². The number of carbonyl (C=O) groups is 3. The lowest BCUT2D eigenvalue weighted by atomic mass is 9.83. The second-order valence-corrected chi connectivity index (χ2v) is 5.98. The Bertz CT molecular complexity index is 656. The van der Waals surface area contributed by atoms with E-state index in [1.165, 1.54) is 6.92 Å². The van der Waals surface area contributed by atoms with Gasteiger partial charge in [-0.2, -0.15) is 26.3 Å². The highest BCUT2D eigenvalue weighted by molar-refractivity contribution is 5.96. The average molecular weight is 389 g/mol. The van der Waals surface area contributed by atoms with Gasteiger partial charge in [-0.25, -0.2) is 4.79 Å². The lowest BCUT2D eigenvalue weighted by molar-refractivity contribution is -0.394. The van der Waals surface area contributed by atoms with Gasteiger partial charge in [0.15, 0.2) is 0 Å². The van der Waals surface area contributed by atoms with Gasteiger partial charge in [0.1, 0.15) is 6.04 Å². The summed E-state index contributed by atoms with van der Waals surface area (Å²) in [7, 11) is 0.940. The smallest absolute Gasteiger partial charge is 0.458 e. The van der Waals surface area contributed by atoms with E-state index in [1.807, 2.05) is 0 Å². The summed E-state index contributed by atoms with van der Waals surface area (Å²) in [6.07, 6.45) is -13.1. The Kier molecular flexibility index (Phi) is 4.53. The van der Waals surface area contributed by atoms with Crippen LogP contribution in [-0.4, -0.2) is 54.0 Å². The topological polar surface area (TPSA) is 72.9 Å². The van der Waals surface area contributed by atoms with Crippen molar-refractivity contribution in [2.45, 2.75) is 37.5 Å². The first-order valence-electron chi connectivity index (χ1n) is 7.12. The minimum Gasteiger partial charge on any atom is -0.469 e. The van der Waals surface area contributed by atoms with Crippen molar-refractivity contribution in [3.05, 3.63) is 12.2 Å². The second-order valence-electron chi connectivity index (χ2n) is 5.98. The molecule has 2 heterocycles. The molecule has 0 aromatic heterocycles. The Balaban J connectivity index is 2.67. The number of carbonyl (C=O) groups excluding carboxylic acids is 3. The van der Waals surface area contributed by atoms with Crippen LogP contribution >= 0.6 is 0 Å². The molecule has 3 atom stereocenters. The second kappa shape index (κ2) is 5.88. The lowest BCUT2D eigenvalue weighted by Crippen LogP contribution is -2.67. The molecule has 2 aliphatic rings. The van der Waals surface area contributed by atoms with Gasteiger partial charge in [-0.1, -0.05) is 12.2 Å². The quantitative estimate of drug-likeness (QED) is 0.419. The van der Waals surface area contributed by atoms with E-state index < -0.39 is 65.1 Å². The summed E-state index contributed by atoms with van der Waals surface area (Å²) in [4.78, 5) is 35.3. The van der Waals surface area contributed by atoms with E-state index >= 15 is 0 Å². The number of ether oxygens (including phenoxy) is 2. The number of cyclic esters (lactones) is 1. The van der Waals surface area contributed by atoms with Crippen LogP contribution in [0.4, 0.5) is 26.3 Å². The Morgan fingerprint density at radius 1 is 1.23 bits per heavy atom. The number of alkyl halides is 6. The largest absolute Gasteiger partial charge is 0.469 e. The van der Waals surface area contributed by atoms with E-state index in [0.29, 0.717) is 0 Å². The van der Waals surface area contributed by atoms with Crippen LogP contribution < -0.4 is 0 Å². The number of fused-ring (bicyclic) bond motifs is 1. The molecule has 0 unspecified atom stereocenters. The summed E-state index contributed by atoms with van der Waals surface area (Å²) >= 11 is 0. The van der Waals surface area contributed by atoms with Crippen molar-refractivity contribution in [1.29, 1.82) is 0 Å². The summed E-state index contributed by atoms with van der Waals surface area (Å²) < 4.78 is 88.3. The van der Waals surface area contributed by atoms with Gasteiger partial charge in [0.25, 0.3) is 0 Å². The van der Waals surface area contributed by atoms with Gasteiger partial charge in [0.05, 0.1) is 19.4 Å². The van der Waals surface area contributed by atoms with Crippen molar-refractivity contribution in [2.24, 2.45) is 11.8 Å². The van der Waals surface area contributed by atoms with Crippen molar-refractivity contribution < 1.29 is 50.2 Å². The molecule has 2 aliphatic heterocycles. The molecule has 1 amide bonds. The third-order valence-electron chi connectivity index (χ3n) is 4.37. The minimum atomic E-state index is -6.15. The molecule has 0 aromatic carbocycles. The monoisotopic (exact) mass is 389 g/mol. The van der Waals surface area contributed by atoms with Gasteiger partial charge < -0.3 is 9.47 Å². The predicted octanol–water partition coefficient (Wildman–Crippen LogP) is 1.95. The number of halogens is 6. The number of hydrogen-bond donors (Lipinski definition) is 0. The van der Waals surface area contributed by atoms with Gasteiger partial charge in [-0.05, 0) is 6.92 Å². The number of nitrogens with zero attached hydrogens (tertiary/aromatic N) is 1. The summed E-state index contributed by atoms with van der Waals surface area (Å²) in [5.74, 6) is -7.69. The standard InChI is InChI=1S/C14H13F6NO5/c1-5(2)8-6(4-7(22)25-3)9-11(24)26-12(13(15,16)17,14(18,19)20)21(9)10(8)23/h6,8-9H,1,4H2,2-3H3/t6-,8+,9-/m0/s1. The summed E-state index contributed by atoms with van der Waals surface area (Å²) in [6.45, 7) is 4.58. The molecule has 2 saturated heterocycles. The van der Waals surface area contributed by atoms with E-state index in [4.69, 9.17) is 0 Å². The van der Waals surface area contributed by atoms with Gasteiger partial charge in [-0.15, -0.1) is 0 Å². The molecule has 12 heteroatoms. The maximum atomic E-state index is 13.4. The van der Waals surface area contributed by atoms with Gasteiger partial charge in [0.2, 0.25) is 5.91 Å². The minimum absolute atomic E-state index is 0.0932. The zero-order valence-corrected chi connectivity index (χ0v) is 13.4. The highest BCUT2D eigenvalue weighted by Gasteiger charge is 2.85. The average Bonchev–Trinajstić information content (AvgIpc) is 2.93. The van der Waals surface area contributed by atoms with Crippen molar-refractivity contribution in [1.82, 2.24) is 4.90 Å². The fourth-order valence-electron chi connectivity index (χ4n) is 3.36. The van der Waals surface area contributed by atoms with Crippen molar-refractivity contribution >= 4 is 17.8 Å². The highest BCUT2D eigenvalue weighted by Crippen LogP contribution is 2.57. The molecular formula is C14H13F6NO5. The summed E-state index contributed by atoms with van der Waals surface area (Å²) in [6, 6.07) is -2.24. The van der Waals surface area contributed by atoms with Crippen LogP contribution in [0.25, 0.3) is 0 Å². The fourth-order valence-corrected chi connectivity index (χ4v) is 3.36. The molecule has 0 radical (unpaired) electrons. The normalized spacial score (nSPS) is 28.0. The summed E-state index contributed by atoms with van der Waals surface area (Å²) in [5, 5.41) is 0. The first-order chi connectivity index (χ1) is 11.7. The Morgan fingerprint density at radius 2 is 1.73 bits per heavy atom. The van der Waals surface area contributed by atoms with Crippen LogP contribution in [0, 0.1) is 11.8 Å². The van der Waals surface area contributed by atoms with Crippen LogP contribution in [0.3, 0.4) is 0 Å². The zero-order chi connectivity index (χ0) is 20.2. The first-order valence-corrected chi connectivity index (χ1v) is 7.12. The number of esters is 2. The summed E-state index contributed by atoms with van der Waals surface area (Å²) in [5.41, 5.74) is -5.21. The maximum absolute atomic E-state index is 13.4. The van der Waals surface area contributed by atoms with E-state index in [9.17, 15) is 40.7 Å². The van der Waals surface area contributed by atoms with Crippen LogP contribution in [0.2, 0.25) is 0 Å². The molecule has 2 rings (SSSR count). The molecule has 146 valence electrons. The van der Waals surface area contributed by atoms with Crippen molar-refractivity contribution in [2.75, 3.05) is 7.11 Å². The third kappa shape index (κ3) is 2.53. The number of hydrogen-bond acceptors (Lipinski definition) is 5. The molecule has 2 fully saturated rings. The number of amides is 1. The van der Waals surface area contributed by atoms with E-state index in [0.717, 1.165) is 7.11 Å². The molecule has 0 spiro atoms. The first kappa shape index (κ1) is 20.0. The third-order valence-corrected chi connectivity index (χ3v) is 4.37. The predicted molar refractivity (Wildman–Crippen MR) is 70.0 cm³/mol. The lowest BCUT2D eigenvalue weighted by Gasteiger charge is -2.37. The Hall–Kier alpha value is -2.27. The maximum Gasteiger partial charge on any atom is 0.458 e. The SMILES string of the molecule is C=C(C)[C@H]1C(=O)N2[C@H](C(=O)OC2(C(F)(F)F)C(F)(F)F)[C@H]1CC(=O)OC. The van der Waals surface area contributed by atoms with Crippen LogP contribution in [0.15, 0.2) is 12.2 Å². The van der Waals surface area contributed by atoms with Gasteiger partial charge in [-0.3, -0.25) is 14.5 Å². The molecule has 6 nitrogen and oxygen atoms in total. The zero-order valence-electron chi connectivity index (χ0n) is 13.4. The Morgan fingerprint density at radius 3 is 2.12 bits per heavy atom. The number of methoxy groups -OCH3 is 1. The molecule has 0 N–H and O–H groups in total. The van der Waals surface area contributed by atoms with E-state index in [2.05, 4.69) is 16.1 Å². The highest BCUT2D eigenvalue weighted by atomic mass is 19.4. The van der Waals surface area contributed by atoms with Crippen LogP contribution in [0.1, 0.15) is 13.3 Å². The van der Waals surface area contributed by atoms with Gasteiger partial charge >= 0.3 is 30.0 Å².